The lowest BCUT2D eigenvalue weighted by atomic mass is 9.99. The summed E-state index contributed by atoms with van der Waals surface area (Å²) < 4.78 is 0. The van der Waals surface area contributed by atoms with Gasteiger partial charge in [0.2, 0.25) is 0 Å². The van der Waals surface area contributed by atoms with E-state index >= 15 is 0 Å². The van der Waals surface area contributed by atoms with Crippen LogP contribution in [-0.2, 0) is 0 Å². The number of aromatic hydroxyl groups is 1. The number of aromatic nitrogens is 1. The van der Waals surface area contributed by atoms with Crippen molar-refractivity contribution in [1.82, 2.24) is 4.98 Å². The quantitative estimate of drug-likeness (QED) is 0.715. The van der Waals surface area contributed by atoms with Gasteiger partial charge in [-0.1, -0.05) is 30.3 Å². The fraction of sp³-hybridized carbons (Fsp3) is 0. The molecule has 0 bridgehead atoms. The van der Waals surface area contributed by atoms with Gasteiger partial charge in [-0.15, -0.1) is 0 Å². The van der Waals surface area contributed by atoms with E-state index < -0.39 is 0 Å². The number of phenolic OH excluding ortho intramolecular Hbond substituents is 1. The molecule has 1 aromatic heterocycles. The number of nitrogens with zero attached hydrogens (tertiary/aromatic N) is 2. The van der Waals surface area contributed by atoms with E-state index in [-0.39, 0.29) is 11.3 Å². The summed E-state index contributed by atoms with van der Waals surface area (Å²) in [5, 5.41) is 20.7. The monoisotopic (exact) mass is 246 g/mol. The average Bonchev–Trinajstić information content (AvgIpc) is 2.47. The second-order valence-electron chi connectivity index (χ2n) is 4.25. The highest BCUT2D eigenvalue weighted by molar-refractivity contribution is 5.95. The molecule has 0 saturated carbocycles. The Kier molecular flexibility index (Phi) is 2.62. The Morgan fingerprint density at radius 1 is 1.05 bits per heavy atom. The molecule has 0 atom stereocenters. The number of benzene rings is 2. The molecule has 19 heavy (non-hydrogen) atoms. The van der Waals surface area contributed by atoms with Crippen molar-refractivity contribution in [3.05, 3.63) is 60.4 Å². The molecule has 1 N–H and O–H groups in total. The van der Waals surface area contributed by atoms with Gasteiger partial charge in [0.15, 0.2) is 0 Å². The summed E-state index contributed by atoms with van der Waals surface area (Å²) in [5.41, 5.74) is 2.10. The van der Waals surface area contributed by atoms with E-state index in [1.807, 2.05) is 36.5 Å². The topological polar surface area (TPSA) is 56.9 Å². The first-order valence-electron chi connectivity index (χ1n) is 5.86. The van der Waals surface area contributed by atoms with Crippen molar-refractivity contribution in [3.63, 3.8) is 0 Å². The lowest BCUT2D eigenvalue weighted by Gasteiger charge is -2.07. The third-order valence-electron chi connectivity index (χ3n) is 3.10. The van der Waals surface area contributed by atoms with Crippen molar-refractivity contribution >= 4 is 10.8 Å². The van der Waals surface area contributed by atoms with Crippen LogP contribution in [0.15, 0.2) is 54.9 Å². The van der Waals surface area contributed by atoms with Crippen molar-refractivity contribution < 1.29 is 5.11 Å². The Morgan fingerprint density at radius 2 is 1.89 bits per heavy atom. The molecule has 3 rings (SSSR count). The Morgan fingerprint density at radius 3 is 2.74 bits per heavy atom. The smallest absolute Gasteiger partial charge is 0.133 e. The van der Waals surface area contributed by atoms with Crippen LogP contribution in [0.5, 0.6) is 5.75 Å². The fourth-order valence-corrected chi connectivity index (χ4v) is 2.14. The number of hydrogen-bond donors (Lipinski definition) is 1. The molecule has 1 heterocycles. The number of hydrogen-bond acceptors (Lipinski definition) is 3. The summed E-state index contributed by atoms with van der Waals surface area (Å²) in [6, 6.07) is 14.9. The van der Waals surface area contributed by atoms with Crippen LogP contribution in [0.4, 0.5) is 0 Å². The third kappa shape index (κ3) is 1.90. The van der Waals surface area contributed by atoms with Gasteiger partial charge in [0.25, 0.3) is 0 Å². The number of nitriles is 1. The number of phenols is 1. The highest BCUT2D eigenvalue weighted by Crippen LogP contribution is 2.30. The van der Waals surface area contributed by atoms with Crippen LogP contribution >= 0.6 is 0 Å². The fourth-order valence-electron chi connectivity index (χ4n) is 2.14. The zero-order valence-corrected chi connectivity index (χ0v) is 10.0. The summed E-state index contributed by atoms with van der Waals surface area (Å²) in [7, 11) is 0. The van der Waals surface area contributed by atoms with Crippen LogP contribution in [0.25, 0.3) is 21.9 Å². The summed E-state index contributed by atoms with van der Waals surface area (Å²) in [4.78, 5) is 4.22. The summed E-state index contributed by atoms with van der Waals surface area (Å²) in [6.45, 7) is 0. The minimum atomic E-state index is -0.000513. The lowest BCUT2D eigenvalue weighted by molar-refractivity contribution is 0.473. The molecule has 3 heteroatoms. The highest BCUT2D eigenvalue weighted by Gasteiger charge is 2.07. The molecule has 90 valence electrons. The minimum absolute atomic E-state index is 0.000513. The minimum Gasteiger partial charge on any atom is -0.507 e. The Labute approximate surface area is 110 Å². The molecule has 2 aromatic carbocycles. The lowest BCUT2D eigenvalue weighted by Crippen LogP contribution is -1.85. The highest BCUT2D eigenvalue weighted by atomic mass is 16.3. The number of pyridine rings is 1. The molecule has 0 radical (unpaired) electrons. The Hall–Kier alpha value is -2.86. The first kappa shape index (κ1) is 11.2. The summed E-state index contributed by atoms with van der Waals surface area (Å²) in [5.74, 6) is -0.000513. The molecule has 0 aliphatic carbocycles. The molecule has 3 aromatic rings. The van der Waals surface area contributed by atoms with Crippen LogP contribution in [0, 0.1) is 11.3 Å². The Bertz CT molecular complexity index is 798. The van der Waals surface area contributed by atoms with Crippen LogP contribution in [0.1, 0.15) is 5.56 Å². The maximum Gasteiger partial charge on any atom is 0.133 e. The first-order valence-corrected chi connectivity index (χ1v) is 5.86. The van der Waals surface area contributed by atoms with Gasteiger partial charge < -0.3 is 5.11 Å². The maximum absolute atomic E-state index is 9.56. The normalized spacial score (nSPS) is 10.3. The van der Waals surface area contributed by atoms with Gasteiger partial charge in [-0.25, -0.2) is 0 Å². The van der Waals surface area contributed by atoms with Gasteiger partial charge >= 0.3 is 0 Å². The second kappa shape index (κ2) is 4.43. The third-order valence-corrected chi connectivity index (χ3v) is 3.10. The van der Waals surface area contributed by atoms with Crippen molar-refractivity contribution in [2.45, 2.75) is 0 Å². The van der Waals surface area contributed by atoms with Crippen LogP contribution in [0.2, 0.25) is 0 Å². The molecule has 0 saturated heterocycles. The second-order valence-corrected chi connectivity index (χ2v) is 4.25. The molecule has 0 aliphatic rings. The molecule has 0 aliphatic heterocycles. The SMILES string of the molecule is N#Cc1cc(-c2cncc3ccccc23)ccc1O. The van der Waals surface area contributed by atoms with E-state index in [1.165, 1.54) is 6.07 Å². The zero-order valence-electron chi connectivity index (χ0n) is 10.0. The van der Waals surface area contributed by atoms with Crippen LogP contribution in [0.3, 0.4) is 0 Å². The first-order chi connectivity index (χ1) is 9.29. The molecule has 0 spiro atoms. The van der Waals surface area contributed by atoms with E-state index in [2.05, 4.69) is 4.98 Å². The molecular formula is C16H10N2O. The van der Waals surface area contributed by atoms with Crippen molar-refractivity contribution in [3.8, 4) is 22.9 Å². The van der Waals surface area contributed by atoms with Gasteiger partial charge in [0.05, 0.1) is 5.56 Å². The van der Waals surface area contributed by atoms with Gasteiger partial charge in [-0.05, 0) is 23.1 Å². The van der Waals surface area contributed by atoms with Gasteiger partial charge in [0, 0.05) is 23.3 Å². The standard InChI is InChI=1S/C16H10N2O/c17-8-13-7-11(5-6-16(13)19)15-10-18-9-12-3-1-2-4-14(12)15/h1-7,9-10,19H. The maximum atomic E-state index is 9.56. The molecule has 3 nitrogen and oxygen atoms in total. The number of rotatable bonds is 1. The predicted molar refractivity (Wildman–Crippen MR) is 73.6 cm³/mol. The molecule has 0 unspecified atom stereocenters. The molecule has 0 fully saturated rings. The molecule has 0 amide bonds. The van der Waals surface area contributed by atoms with E-state index in [4.69, 9.17) is 5.26 Å². The summed E-state index contributed by atoms with van der Waals surface area (Å²) in [6.07, 6.45) is 3.58. The van der Waals surface area contributed by atoms with E-state index in [0.717, 1.165) is 21.9 Å². The molecular weight excluding hydrogens is 236 g/mol. The van der Waals surface area contributed by atoms with Crippen LogP contribution < -0.4 is 0 Å². The largest absolute Gasteiger partial charge is 0.507 e. The van der Waals surface area contributed by atoms with Crippen molar-refractivity contribution in [2.75, 3.05) is 0 Å². The summed E-state index contributed by atoms with van der Waals surface area (Å²) >= 11 is 0. The van der Waals surface area contributed by atoms with Crippen molar-refractivity contribution in [1.29, 1.82) is 5.26 Å². The van der Waals surface area contributed by atoms with E-state index in [1.54, 1.807) is 18.3 Å². The van der Waals surface area contributed by atoms with E-state index in [9.17, 15) is 5.11 Å². The Balaban J connectivity index is 2.28. The number of fused-ring (bicyclic) bond motifs is 1. The van der Waals surface area contributed by atoms with E-state index in [0.29, 0.717) is 0 Å². The predicted octanol–water partition coefficient (Wildman–Crippen LogP) is 3.48. The average molecular weight is 246 g/mol. The van der Waals surface area contributed by atoms with Gasteiger partial charge in [0.1, 0.15) is 11.8 Å². The van der Waals surface area contributed by atoms with Crippen molar-refractivity contribution in [2.24, 2.45) is 0 Å². The van der Waals surface area contributed by atoms with Gasteiger partial charge in [-0.2, -0.15) is 5.26 Å². The zero-order chi connectivity index (χ0) is 13.2. The van der Waals surface area contributed by atoms with Gasteiger partial charge in [-0.3, -0.25) is 4.98 Å². The van der Waals surface area contributed by atoms with Crippen LogP contribution in [-0.4, -0.2) is 10.1 Å².